The average Bonchev–Trinajstić information content (AvgIpc) is 2.78. The van der Waals surface area contributed by atoms with Crippen LogP contribution in [0.15, 0.2) is 28.8 Å². The van der Waals surface area contributed by atoms with Gasteiger partial charge < -0.3 is 14.6 Å². The van der Waals surface area contributed by atoms with Crippen molar-refractivity contribution in [1.82, 2.24) is 10.5 Å². The van der Waals surface area contributed by atoms with Gasteiger partial charge >= 0.3 is 0 Å². The molecule has 1 heterocycles. The minimum Gasteiger partial charge on any atom is -0.486 e. The summed E-state index contributed by atoms with van der Waals surface area (Å²) in [6, 6.07) is 6.06. The van der Waals surface area contributed by atoms with Crippen LogP contribution in [0.25, 0.3) is 0 Å². The third kappa shape index (κ3) is 3.59. The molecule has 0 aliphatic heterocycles. The van der Waals surface area contributed by atoms with E-state index in [1.807, 2.05) is 13.8 Å². The summed E-state index contributed by atoms with van der Waals surface area (Å²) in [7, 11) is 0. The topological polar surface area (TPSA) is 64.4 Å². The normalized spacial score (nSPS) is 10.7. The van der Waals surface area contributed by atoms with Crippen LogP contribution in [0, 0.1) is 12.7 Å². The lowest BCUT2D eigenvalue weighted by Gasteiger charge is -2.09. The molecule has 0 saturated carbocycles. The van der Waals surface area contributed by atoms with Crippen molar-refractivity contribution >= 4 is 5.91 Å². The summed E-state index contributed by atoms with van der Waals surface area (Å²) in [6.07, 6.45) is 0. The first-order valence-electron chi connectivity index (χ1n) is 6.62. The molecule has 2 aromatic rings. The highest BCUT2D eigenvalue weighted by molar-refractivity contribution is 5.93. The first-order chi connectivity index (χ1) is 9.99. The summed E-state index contributed by atoms with van der Waals surface area (Å²) in [4.78, 5) is 12.0. The molecule has 112 valence electrons. The summed E-state index contributed by atoms with van der Waals surface area (Å²) < 4.78 is 23.9. The van der Waals surface area contributed by atoms with E-state index in [0.29, 0.717) is 11.3 Å². The summed E-state index contributed by atoms with van der Waals surface area (Å²) in [5, 5.41) is 6.47. The van der Waals surface area contributed by atoms with Crippen molar-refractivity contribution in [2.75, 3.05) is 0 Å². The summed E-state index contributed by atoms with van der Waals surface area (Å²) in [5.74, 6) is -0.206. The fourth-order valence-electron chi connectivity index (χ4n) is 1.78. The number of ether oxygens (including phenoxy) is 1. The molecule has 0 unspecified atom stereocenters. The number of para-hydroxylation sites is 1. The third-order valence-corrected chi connectivity index (χ3v) is 2.83. The Morgan fingerprint density at radius 2 is 2.14 bits per heavy atom. The lowest BCUT2D eigenvalue weighted by molar-refractivity contribution is 0.0931. The van der Waals surface area contributed by atoms with Gasteiger partial charge in [0.25, 0.3) is 5.91 Å². The number of amides is 1. The molecule has 0 atom stereocenters. The molecule has 0 fully saturated rings. The fraction of sp³-hybridized carbons (Fsp3) is 0.333. The SMILES string of the molecule is Cc1onc(C(=O)NC(C)C)c1COc1ccccc1F. The van der Waals surface area contributed by atoms with E-state index in [9.17, 15) is 9.18 Å². The van der Waals surface area contributed by atoms with Crippen LogP contribution < -0.4 is 10.1 Å². The highest BCUT2D eigenvalue weighted by Gasteiger charge is 2.21. The molecule has 1 amide bonds. The van der Waals surface area contributed by atoms with Crippen molar-refractivity contribution in [2.24, 2.45) is 0 Å². The molecule has 0 radical (unpaired) electrons. The molecule has 5 nitrogen and oxygen atoms in total. The Kier molecular flexibility index (Phi) is 4.57. The minimum atomic E-state index is -0.459. The maximum atomic E-state index is 13.5. The molecule has 6 heteroatoms. The number of hydrogen-bond acceptors (Lipinski definition) is 4. The molecular weight excluding hydrogens is 275 g/mol. The van der Waals surface area contributed by atoms with E-state index in [2.05, 4.69) is 10.5 Å². The second kappa shape index (κ2) is 6.39. The maximum absolute atomic E-state index is 13.5. The number of benzene rings is 1. The summed E-state index contributed by atoms with van der Waals surface area (Å²) in [5.41, 5.74) is 0.675. The summed E-state index contributed by atoms with van der Waals surface area (Å²) >= 11 is 0. The first-order valence-corrected chi connectivity index (χ1v) is 6.62. The van der Waals surface area contributed by atoms with E-state index in [1.165, 1.54) is 12.1 Å². The van der Waals surface area contributed by atoms with Gasteiger partial charge in [0.15, 0.2) is 17.3 Å². The number of halogens is 1. The van der Waals surface area contributed by atoms with Gasteiger partial charge in [-0.05, 0) is 32.9 Å². The molecular formula is C15H17FN2O3. The van der Waals surface area contributed by atoms with Crippen LogP contribution in [-0.4, -0.2) is 17.1 Å². The van der Waals surface area contributed by atoms with Gasteiger partial charge in [-0.2, -0.15) is 0 Å². The van der Waals surface area contributed by atoms with Crippen molar-refractivity contribution < 1.29 is 18.4 Å². The quantitative estimate of drug-likeness (QED) is 0.920. The van der Waals surface area contributed by atoms with Crippen LogP contribution in [0.1, 0.15) is 35.7 Å². The zero-order valence-electron chi connectivity index (χ0n) is 12.1. The zero-order chi connectivity index (χ0) is 15.4. The molecule has 1 aromatic heterocycles. The second-order valence-corrected chi connectivity index (χ2v) is 4.91. The molecule has 21 heavy (non-hydrogen) atoms. The fourth-order valence-corrected chi connectivity index (χ4v) is 1.78. The third-order valence-electron chi connectivity index (χ3n) is 2.83. The van der Waals surface area contributed by atoms with Gasteiger partial charge in [0, 0.05) is 6.04 Å². The number of aromatic nitrogens is 1. The lowest BCUT2D eigenvalue weighted by atomic mass is 10.2. The van der Waals surface area contributed by atoms with E-state index >= 15 is 0 Å². The Morgan fingerprint density at radius 3 is 2.81 bits per heavy atom. The number of carbonyl (C=O) groups excluding carboxylic acids is 1. The number of hydrogen-bond donors (Lipinski definition) is 1. The van der Waals surface area contributed by atoms with Gasteiger partial charge in [-0.1, -0.05) is 17.3 Å². The molecule has 1 N–H and O–H groups in total. The first kappa shape index (κ1) is 15.0. The van der Waals surface area contributed by atoms with Crippen LogP contribution in [-0.2, 0) is 6.61 Å². The highest BCUT2D eigenvalue weighted by atomic mass is 19.1. The predicted molar refractivity (Wildman–Crippen MR) is 74.6 cm³/mol. The van der Waals surface area contributed by atoms with Gasteiger partial charge in [0.2, 0.25) is 0 Å². The maximum Gasteiger partial charge on any atom is 0.274 e. The van der Waals surface area contributed by atoms with E-state index in [0.717, 1.165) is 0 Å². The van der Waals surface area contributed by atoms with E-state index in [4.69, 9.17) is 9.26 Å². The van der Waals surface area contributed by atoms with Crippen molar-refractivity contribution in [3.63, 3.8) is 0 Å². The van der Waals surface area contributed by atoms with Crippen molar-refractivity contribution in [3.8, 4) is 5.75 Å². The molecule has 0 bridgehead atoms. The van der Waals surface area contributed by atoms with Crippen molar-refractivity contribution in [2.45, 2.75) is 33.4 Å². The van der Waals surface area contributed by atoms with Gasteiger partial charge in [0.1, 0.15) is 12.4 Å². The smallest absolute Gasteiger partial charge is 0.274 e. The number of aryl methyl sites for hydroxylation is 1. The number of carbonyl (C=O) groups is 1. The zero-order valence-corrected chi connectivity index (χ0v) is 12.1. The van der Waals surface area contributed by atoms with Crippen LogP contribution in [0.3, 0.4) is 0 Å². The number of nitrogens with zero attached hydrogens (tertiary/aromatic N) is 1. The largest absolute Gasteiger partial charge is 0.486 e. The van der Waals surface area contributed by atoms with Crippen LogP contribution >= 0.6 is 0 Å². The molecule has 0 aliphatic carbocycles. The Hall–Kier alpha value is -2.37. The van der Waals surface area contributed by atoms with Crippen LogP contribution in [0.5, 0.6) is 5.75 Å². The van der Waals surface area contributed by atoms with Gasteiger partial charge in [-0.15, -0.1) is 0 Å². The molecule has 2 rings (SSSR count). The van der Waals surface area contributed by atoms with Crippen LogP contribution in [0.4, 0.5) is 4.39 Å². The average molecular weight is 292 g/mol. The van der Waals surface area contributed by atoms with Crippen molar-refractivity contribution in [1.29, 1.82) is 0 Å². The Bertz CT molecular complexity index is 638. The van der Waals surface area contributed by atoms with Gasteiger partial charge in [-0.3, -0.25) is 4.79 Å². The van der Waals surface area contributed by atoms with Gasteiger partial charge in [-0.25, -0.2) is 4.39 Å². The number of nitrogens with one attached hydrogen (secondary N) is 1. The monoisotopic (exact) mass is 292 g/mol. The van der Waals surface area contributed by atoms with E-state index in [-0.39, 0.29) is 30.0 Å². The van der Waals surface area contributed by atoms with Gasteiger partial charge in [0.05, 0.1) is 5.56 Å². The standard InChI is InChI=1S/C15H17FN2O3/c1-9(2)17-15(19)14-11(10(3)21-18-14)8-20-13-7-5-4-6-12(13)16/h4-7,9H,8H2,1-3H3,(H,17,19). The molecule has 0 aliphatic rings. The lowest BCUT2D eigenvalue weighted by Crippen LogP contribution is -2.31. The molecule has 0 spiro atoms. The van der Waals surface area contributed by atoms with E-state index in [1.54, 1.807) is 19.1 Å². The molecule has 0 saturated heterocycles. The Balaban J connectivity index is 2.15. The van der Waals surface area contributed by atoms with Crippen LogP contribution in [0.2, 0.25) is 0 Å². The Labute approximate surface area is 122 Å². The van der Waals surface area contributed by atoms with E-state index < -0.39 is 5.82 Å². The Morgan fingerprint density at radius 1 is 1.43 bits per heavy atom. The number of rotatable bonds is 5. The highest BCUT2D eigenvalue weighted by Crippen LogP contribution is 2.20. The summed E-state index contributed by atoms with van der Waals surface area (Å²) in [6.45, 7) is 5.39. The minimum absolute atomic E-state index is 0.0110. The van der Waals surface area contributed by atoms with Crippen molar-refractivity contribution in [3.05, 3.63) is 47.1 Å². The second-order valence-electron chi connectivity index (χ2n) is 4.91. The molecule has 1 aromatic carbocycles. The predicted octanol–water partition coefficient (Wildman–Crippen LogP) is 2.84.